The summed E-state index contributed by atoms with van der Waals surface area (Å²) in [6.07, 6.45) is 0.842. The Morgan fingerprint density at radius 2 is 1.88 bits per heavy atom. The van der Waals surface area contributed by atoms with Gasteiger partial charge in [0.1, 0.15) is 0 Å². The highest BCUT2D eigenvalue weighted by Gasteiger charge is 2.11. The Hall–Kier alpha value is -2.93. The lowest BCUT2D eigenvalue weighted by atomic mass is 10.1. The van der Waals surface area contributed by atoms with E-state index in [-0.39, 0.29) is 11.9 Å². The molecule has 26 heavy (non-hydrogen) atoms. The topological polar surface area (TPSA) is 83.1 Å². The number of carbonyl (C=O) groups is 2. The number of rotatable bonds is 4. The number of aromatic nitrogens is 1. The van der Waals surface area contributed by atoms with Gasteiger partial charge in [-0.2, -0.15) is 0 Å². The first-order valence-corrected chi connectivity index (χ1v) is 9.12. The van der Waals surface area contributed by atoms with Crippen molar-refractivity contribution in [3.63, 3.8) is 0 Å². The molecule has 0 saturated heterocycles. The van der Waals surface area contributed by atoms with Crippen molar-refractivity contribution in [2.45, 2.75) is 27.2 Å². The molecule has 0 saturated carbocycles. The van der Waals surface area contributed by atoms with Gasteiger partial charge < -0.3 is 16.0 Å². The highest BCUT2D eigenvalue weighted by molar-refractivity contribution is 7.22. The van der Waals surface area contributed by atoms with Crippen molar-refractivity contribution < 1.29 is 9.59 Å². The largest absolute Gasteiger partial charge is 0.323 e. The van der Waals surface area contributed by atoms with Crippen molar-refractivity contribution in [2.75, 3.05) is 16.0 Å². The van der Waals surface area contributed by atoms with Crippen molar-refractivity contribution >= 4 is 50.0 Å². The van der Waals surface area contributed by atoms with Crippen LogP contribution in [-0.2, 0) is 11.2 Å². The lowest BCUT2D eigenvalue weighted by molar-refractivity contribution is -0.114. The van der Waals surface area contributed by atoms with Crippen LogP contribution in [0.1, 0.15) is 25.0 Å². The molecule has 3 rings (SSSR count). The Kier molecular flexibility index (Phi) is 5.18. The number of hydrogen-bond donors (Lipinski definition) is 3. The third-order valence-electron chi connectivity index (χ3n) is 3.87. The van der Waals surface area contributed by atoms with Gasteiger partial charge in [-0.1, -0.05) is 36.5 Å². The smallest absolute Gasteiger partial charge is 0.308 e. The van der Waals surface area contributed by atoms with Gasteiger partial charge in [-0.15, -0.1) is 0 Å². The Bertz CT molecular complexity index is 981. The van der Waals surface area contributed by atoms with Gasteiger partial charge in [-0.3, -0.25) is 4.79 Å². The number of urea groups is 1. The molecular weight excluding hydrogens is 348 g/mol. The van der Waals surface area contributed by atoms with Crippen LogP contribution in [0.3, 0.4) is 0 Å². The van der Waals surface area contributed by atoms with E-state index in [1.165, 1.54) is 18.3 Å². The van der Waals surface area contributed by atoms with Crippen LogP contribution < -0.4 is 16.0 Å². The molecule has 0 fully saturated rings. The zero-order valence-corrected chi connectivity index (χ0v) is 15.7. The standard InChI is InChI=1S/C19H20N4O2S/c1-4-13-7-5-6-8-15(13)22-18(25)21-14-9-11(2)17-16(10-14)26-19(23-17)20-12(3)24/h5-10H,4H2,1-3H3,(H,20,23,24)(H2,21,22,25). The molecule has 0 aliphatic heterocycles. The first-order valence-electron chi connectivity index (χ1n) is 8.31. The molecule has 0 atom stereocenters. The summed E-state index contributed by atoms with van der Waals surface area (Å²) < 4.78 is 0.901. The van der Waals surface area contributed by atoms with Gasteiger partial charge in [0.2, 0.25) is 5.91 Å². The molecule has 0 bridgehead atoms. The lowest BCUT2D eigenvalue weighted by Crippen LogP contribution is -2.20. The normalized spacial score (nSPS) is 10.6. The van der Waals surface area contributed by atoms with E-state index in [1.807, 2.05) is 50.2 Å². The predicted octanol–water partition coefficient (Wildman–Crippen LogP) is 4.77. The van der Waals surface area contributed by atoms with Crippen LogP contribution in [0.15, 0.2) is 36.4 Å². The molecule has 0 aliphatic rings. The molecular formula is C19H20N4O2S. The van der Waals surface area contributed by atoms with E-state index in [2.05, 4.69) is 20.9 Å². The van der Waals surface area contributed by atoms with Gasteiger partial charge in [-0.05, 0) is 42.7 Å². The molecule has 0 spiro atoms. The van der Waals surface area contributed by atoms with Gasteiger partial charge in [-0.25, -0.2) is 9.78 Å². The van der Waals surface area contributed by atoms with Gasteiger partial charge in [0.25, 0.3) is 0 Å². The molecule has 134 valence electrons. The molecule has 1 heterocycles. The fourth-order valence-corrected chi connectivity index (χ4v) is 3.74. The minimum absolute atomic E-state index is 0.158. The van der Waals surface area contributed by atoms with Crippen LogP contribution in [0.5, 0.6) is 0 Å². The summed E-state index contributed by atoms with van der Waals surface area (Å²) in [4.78, 5) is 28.0. The molecule has 3 N–H and O–H groups in total. The molecule has 1 aromatic heterocycles. The summed E-state index contributed by atoms with van der Waals surface area (Å²) in [5.74, 6) is -0.158. The van der Waals surface area contributed by atoms with Gasteiger partial charge in [0.15, 0.2) is 5.13 Å². The fourth-order valence-electron chi connectivity index (χ4n) is 2.71. The number of amides is 3. The van der Waals surface area contributed by atoms with Gasteiger partial charge >= 0.3 is 6.03 Å². The number of nitrogens with one attached hydrogen (secondary N) is 3. The average Bonchev–Trinajstić information content (AvgIpc) is 2.97. The van der Waals surface area contributed by atoms with Crippen LogP contribution in [0, 0.1) is 6.92 Å². The van der Waals surface area contributed by atoms with Crippen LogP contribution in [-0.4, -0.2) is 16.9 Å². The van der Waals surface area contributed by atoms with Crippen LogP contribution >= 0.6 is 11.3 Å². The molecule has 0 radical (unpaired) electrons. The predicted molar refractivity (Wildman–Crippen MR) is 107 cm³/mol. The van der Waals surface area contributed by atoms with E-state index >= 15 is 0 Å². The molecule has 6 nitrogen and oxygen atoms in total. The Balaban J connectivity index is 1.79. The van der Waals surface area contributed by atoms with E-state index < -0.39 is 0 Å². The number of nitrogens with zero attached hydrogens (tertiary/aromatic N) is 1. The lowest BCUT2D eigenvalue weighted by Gasteiger charge is -2.11. The average molecular weight is 368 g/mol. The number of anilines is 3. The molecule has 2 aromatic carbocycles. The second-order valence-electron chi connectivity index (χ2n) is 5.93. The van der Waals surface area contributed by atoms with Crippen molar-refractivity contribution in [3.8, 4) is 0 Å². The summed E-state index contributed by atoms with van der Waals surface area (Å²) >= 11 is 1.38. The third kappa shape index (κ3) is 4.00. The number of aryl methyl sites for hydroxylation is 2. The number of thiazole rings is 1. The highest BCUT2D eigenvalue weighted by Crippen LogP contribution is 2.31. The van der Waals surface area contributed by atoms with Crippen LogP contribution in [0.2, 0.25) is 0 Å². The number of hydrogen-bond acceptors (Lipinski definition) is 4. The number of benzene rings is 2. The van der Waals surface area contributed by atoms with E-state index in [9.17, 15) is 9.59 Å². The fraction of sp³-hybridized carbons (Fsp3) is 0.211. The summed E-state index contributed by atoms with van der Waals surface area (Å²) in [7, 11) is 0. The summed E-state index contributed by atoms with van der Waals surface area (Å²) in [5.41, 5.74) is 4.31. The maximum atomic E-state index is 12.4. The monoisotopic (exact) mass is 368 g/mol. The SMILES string of the molecule is CCc1ccccc1NC(=O)Nc1cc(C)c2nc(NC(C)=O)sc2c1. The zero-order valence-electron chi connectivity index (χ0n) is 14.8. The van der Waals surface area contributed by atoms with Crippen LogP contribution in [0.25, 0.3) is 10.2 Å². The quantitative estimate of drug-likeness (QED) is 0.620. The molecule has 3 aromatic rings. The second kappa shape index (κ2) is 7.53. The van der Waals surface area contributed by atoms with Crippen molar-refractivity contribution in [3.05, 3.63) is 47.5 Å². The van der Waals surface area contributed by atoms with Crippen molar-refractivity contribution in [1.82, 2.24) is 4.98 Å². The molecule has 0 aliphatic carbocycles. The van der Waals surface area contributed by atoms with E-state index in [4.69, 9.17) is 0 Å². The maximum absolute atomic E-state index is 12.4. The van der Waals surface area contributed by atoms with Crippen molar-refractivity contribution in [1.29, 1.82) is 0 Å². The number of carbonyl (C=O) groups excluding carboxylic acids is 2. The van der Waals surface area contributed by atoms with E-state index in [0.717, 1.165) is 33.5 Å². The van der Waals surface area contributed by atoms with Crippen LogP contribution in [0.4, 0.5) is 21.3 Å². The summed E-state index contributed by atoms with van der Waals surface area (Å²) in [6.45, 7) is 5.42. The Morgan fingerprint density at radius 3 is 2.62 bits per heavy atom. The minimum atomic E-state index is -0.295. The number of fused-ring (bicyclic) bond motifs is 1. The van der Waals surface area contributed by atoms with Gasteiger partial charge in [0.05, 0.1) is 10.2 Å². The summed E-state index contributed by atoms with van der Waals surface area (Å²) in [6, 6.07) is 11.2. The Labute approximate surface area is 155 Å². The number of para-hydroxylation sites is 1. The van der Waals surface area contributed by atoms with Gasteiger partial charge in [0, 0.05) is 18.3 Å². The van der Waals surface area contributed by atoms with Crippen molar-refractivity contribution in [2.24, 2.45) is 0 Å². The third-order valence-corrected chi connectivity index (χ3v) is 4.79. The maximum Gasteiger partial charge on any atom is 0.323 e. The minimum Gasteiger partial charge on any atom is -0.308 e. The zero-order chi connectivity index (χ0) is 18.7. The van der Waals surface area contributed by atoms with E-state index in [1.54, 1.807) is 0 Å². The Morgan fingerprint density at radius 1 is 1.12 bits per heavy atom. The highest BCUT2D eigenvalue weighted by atomic mass is 32.1. The molecule has 7 heteroatoms. The first-order chi connectivity index (χ1) is 12.5. The second-order valence-corrected chi connectivity index (χ2v) is 6.96. The molecule has 0 unspecified atom stereocenters. The first kappa shape index (κ1) is 17.9. The summed E-state index contributed by atoms with van der Waals surface area (Å²) in [5, 5.41) is 9.00. The van der Waals surface area contributed by atoms with E-state index in [0.29, 0.717) is 10.8 Å². The molecule has 3 amide bonds.